The van der Waals surface area contributed by atoms with Crippen molar-refractivity contribution in [2.75, 3.05) is 25.0 Å². The number of nitrogens with one attached hydrogen (secondary N) is 1. The van der Waals surface area contributed by atoms with Crippen molar-refractivity contribution in [2.24, 2.45) is 11.1 Å². The van der Waals surface area contributed by atoms with E-state index < -0.39 is 0 Å². The predicted molar refractivity (Wildman–Crippen MR) is 94.9 cm³/mol. The largest absolute Gasteiger partial charge is 0.327 e. The van der Waals surface area contributed by atoms with Gasteiger partial charge in [-0.25, -0.2) is 0 Å². The fourth-order valence-corrected chi connectivity index (χ4v) is 2.87. The molecule has 1 amide bonds. The average molecular weight is 346 g/mol. The minimum Gasteiger partial charge on any atom is -0.327 e. The molecule has 0 radical (unpaired) electrons. The number of likely N-dealkylation sites (tertiary alicyclic amines) is 1. The first-order chi connectivity index (χ1) is 9.78. The molecule has 0 saturated carbocycles. The number of halogens is 2. The highest BCUT2D eigenvalue weighted by Crippen LogP contribution is 2.27. The first-order valence-electron chi connectivity index (χ1n) is 7.32. The van der Waals surface area contributed by atoms with Crippen LogP contribution in [0.1, 0.15) is 25.8 Å². The molecule has 0 bridgehead atoms. The third-order valence-electron chi connectivity index (χ3n) is 4.21. The van der Waals surface area contributed by atoms with E-state index in [1.165, 1.54) is 0 Å². The average Bonchev–Trinajstić information content (AvgIpc) is 2.38. The Morgan fingerprint density at radius 2 is 2.18 bits per heavy atom. The summed E-state index contributed by atoms with van der Waals surface area (Å²) in [7, 11) is 0. The maximum Gasteiger partial charge on any atom is 0.238 e. The summed E-state index contributed by atoms with van der Waals surface area (Å²) in [6.45, 7) is 8.35. The van der Waals surface area contributed by atoms with Crippen LogP contribution in [-0.2, 0) is 4.79 Å². The monoisotopic (exact) mass is 345 g/mol. The van der Waals surface area contributed by atoms with Gasteiger partial charge in [-0.2, -0.15) is 0 Å². The highest BCUT2D eigenvalue weighted by Gasteiger charge is 2.33. The van der Waals surface area contributed by atoms with Crippen molar-refractivity contribution in [1.82, 2.24) is 4.90 Å². The van der Waals surface area contributed by atoms with Crippen LogP contribution in [0.3, 0.4) is 0 Å². The molecule has 2 rings (SSSR count). The van der Waals surface area contributed by atoms with Gasteiger partial charge in [0.2, 0.25) is 5.91 Å². The van der Waals surface area contributed by atoms with Gasteiger partial charge in [-0.05, 0) is 36.5 Å². The fourth-order valence-electron chi connectivity index (χ4n) is 2.69. The smallest absolute Gasteiger partial charge is 0.238 e. The standard InChI is InChI=1S/C16H24ClN3O.ClH/c1-11-4-5-12(8-13(11)17)19-15(21)9-20-7-6-14(18)16(2,3)10-20;/h4-5,8,14H,6-7,9-10,18H2,1-3H3,(H,19,21);1H. The third kappa shape index (κ3) is 4.85. The van der Waals surface area contributed by atoms with Gasteiger partial charge in [0, 0.05) is 29.8 Å². The Morgan fingerprint density at radius 1 is 1.50 bits per heavy atom. The summed E-state index contributed by atoms with van der Waals surface area (Å²) in [6, 6.07) is 5.76. The normalized spacial score (nSPS) is 21.0. The Balaban J connectivity index is 0.00000242. The number of piperidine rings is 1. The SMILES string of the molecule is Cc1ccc(NC(=O)CN2CCC(N)C(C)(C)C2)cc1Cl.Cl. The molecular weight excluding hydrogens is 321 g/mol. The molecule has 1 aliphatic heterocycles. The van der Waals surface area contributed by atoms with Gasteiger partial charge in [0.1, 0.15) is 0 Å². The highest BCUT2D eigenvalue weighted by atomic mass is 35.5. The molecule has 4 nitrogen and oxygen atoms in total. The van der Waals surface area contributed by atoms with Gasteiger partial charge in [-0.1, -0.05) is 31.5 Å². The van der Waals surface area contributed by atoms with E-state index in [1.807, 2.05) is 19.1 Å². The van der Waals surface area contributed by atoms with Gasteiger partial charge >= 0.3 is 0 Å². The van der Waals surface area contributed by atoms with Crippen LogP contribution >= 0.6 is 24.0 Å². The first kappa shape index (κ1) is 19.2. The Hall–Kier alpha value is -0.810. The second kappa shape index (κ2) is 7.64. The second-order valence-electron chi connectivity index (χ2n) is 6.61. The summed E-state index contributed by atoms with van der Waals surface area (Å²) >= 11 is 6.07. The van der Waals surface area contributed by atoms with Gasteiger partial charge in [-0.3, -0.25) is 9.69 Å². The lowest BCUT2D eigenvalue weighted by molar-refractivity contribution is -0.118. The number of nitrogens with zero attached hydrogens (tertiary/aromatic N) is 1. The van der Waals surface area contributed by atoms with Gasteiger partial charge in [0.15, 0.2) is 0 Å². The number of amides is 1. The minimum atomic E-state index is -0.0128. The van der Waals surface area contributed by atoms with Gasteiger partial charge in [0.05, 0.1) is 6.54 Å². The van der Waals surface area contributed by atoms with E-state index in [4.69, 9.17) is 17.3 Å². The number of nitrogens with two attached hydrogens (primary N) is 1. The van der Waals surface area contributed by atoms with Crippen molar-refractivity contribution in [3.05, 3.63) is 28.8 Å². The summed E-state index contributed by atoms with van der Waals surface area (Å²) in [5.41, 5.74) is 7.91. The molecule has 0 spiro atoms. The van der Waals surface area contributed by atoms with Crippen LogP contribution in [0, 0.1) is 12.3 Å². The molecule has 3 N–H and O–H groups in total. The number of hydrogen-bond acceptors (Lipinski definition) is 3. The number of aryl methyl sites for hydroxylation is 1. The van der Waals surface area contributed by atoms with Crippen molar-refractivity contribution >= 4 is 35.6 Å². The van der Waals surface area contributed by atoms with Crippen LogP contribution in [-0.4, -0.2) is 36.5 Å². The van der Waals surface area contributed by atoms with Crippen molar-refractivity contribution in [1.29, 1.82) is 0 Å². The molecule has 1 atom stereocenters. The molecule has 6 heteroatoms. The van der Waals surface area contributed by atoms with Crippen LogP contribution in [0.5, 0.6) is 0 Å². The van der Waals surface area contributed by atoms with Crippen LogP contribution < -0.4 is 11.1 Å². The molecule has 0 aromatic heterocycles. The third-order valence-corrected chi connectivity index (χ3v) is 4.62. The Morgan fingerprint density at radius 3 is 2.77 bits per heavy atom. The number of anilines is 1. The maximum atomic E-state index is 12.1. The van der Waals surface area contributed by atoms with Crippen molar-refractivity contribution in [3.63, 3.8) is 0 Å². The summed E-state index contributed by atoms with van der Waals surface area (Å²) in [5.74, 6) is -0.0128. The number of benzene rings is 1. The second-order valence-corrected chi connectivity index (χ2v) is 7.01. The lowest BCUT2D eigenvalue weighted by Gasteiger charge is -2.42. The van der Waals surface area contributed by atoms with Crippen LogP contribution in [0.4, 0.5) is 5.69 Å². The van der Waals surface area contributed by atoms with E-state index >= 15 is 0 Å². The Kier molecular flexibility index (Phi) is 6.68. The molecule has 1 saturated heterocycles. The molecule has 124 valence electrons. The number of hydrogen-bond donors (Lipinski definition) is 2. The van der Waals surface area contributed by atoms with Gasteiger partial charge in [-0.15, -0.1) is 12.4 Å². The number of carbonyl (C=O) groups excluding carboxylic acids is 1. The van der Waals surface area contributed by atoms with Gasteiger partial charge < -0.3 is 11.1 Å². The zero-order valence-corrected chi connectivity index (χ0v) is 14.9. The van der Waals surface area contributed by atoms with E-state index in [-0.39, 0.29) is 29.8 Å². The lowest BCUT2D eigenvalue weighted by atomic mass is 9.80. The van der Waals surface area contributed by atoms with Crippen LogP contribution in [0.2, 0.25) is 5.02 Å². The zero-order valence-electron chi connectivity index (χ0n) is 13.4. The molecule has 1 fully saturated rings. The number of carbonyl (C=O) groups is 1. The van der Waals surface area contributed by atoms with Gasteiger partial charge in [0.25, 0.3) is 0 Å². The molecule has 1 unspecified atom stereocenters. The zero-order chi connectivity index (χ0) is 15.6. The topological polar surface area (TPSA) is 58.4 Å². The van der Waals surface area contributed by atoms with E-state index in [1.54, 1.807) is 6.07 Å². The van der Waals surface area contributed by atoms with E-state index in [0.717, 1.165) is 30.8 Å². The quantitative estimate of drug-likeness (QED) is 0.884. The predicted octanol–water partition coefficient (Wildman–Crippen LogP) is 3.07. The summed E-state index contributed by atoms with van der Waals surface area (Å²) in [6.07, 6.45) is 0.927. The number of rotatable bonds is 3. The lowest BCUT2D eigenvalue weighted by Crippen LogP contribution is -2.53. The Bertz CT molecular complexity index is 534. The minimum absolute atomic E-state index is 0. The van der Waals surface area contributed by atoms with E-state index in [0.29, 0.717) is 11.6 Å². The van der Waals surface area contributed by atoms with Crippen molar-refractivity contribution in [3.8, 4) is 0 Å². The molecule has 1 aliphatic rings. The highest BCUT2D eigenvalue weighted by molar-refractivity contribution is 6.31. The van der Waals surface area contributed by atoms with E-state index in [9.17, 15) is 4.79 Å². The van der Waals surface area contributed by atoms with E-state index in [2.05, 4.69) is 24.1 Å². The fraction of sp³-hybridized carbons (Fsp3) is 0.562. The maximum absolute atomic E-state index is 12.1. The molecule has 1 heterocycles. The van der Waals surface area contributed by atoms with Crippen molar-refractivity contribution < 1.29 is 4.79 Å². The molecule has 0 aliphatic carbocycles. The first-order valence-corrected chi connectivity index (χ1v) is 7.70. The summed E-state index contributed by atoms with van der Waals surface area (Å²) in [5, 5.41) is 3.56. The van der Waals surface area contributed by atoms with Crippen LogP contribution in [0.25, 0.3) is 0 Å². The summed E-state index contributed by atoms with van der Waals surface area (Å²) in [4.78, 5) is 14.3. The molecular formula is C16H25Cl2N3O. The molecule has 22 heavy (non-hydrogen) atoms. The van der Waals surface area contributed by atoms with Crippen molar-refractivity contribution in [2.45, 2.75) is 33.2 Å². The molecule has 1 aromatic carbocycles. The molecule has 1 aromatic rings. The van der Waals surface area contributed by atoms with Crippen LogP contribution in [0.15, 0.2) is 18.2 Å². The summed E-state index contributed by atoms with van der Waals surface area (Å²) < 4.78 is 0. The Labute approximate surface area is 143 Å².